The zero-order chi connectivity index (χ0) is 12.2. The van der Waals surface area contributed by atoms with E-state index in [1.54, 1.807) is 0 Å². The van der Waals surface area contributed by atoms with Crippen LogP contribution in [0.5, 0.6) is 0 Å². The third-order valence-corrected chi connectivity index (χ3v) is 1.54. The van der Waals surface area contributed by atoms with Crippen molar-refractivity contribution in [3.05, 3.63) is 0 Å². The quantitative estimate of drug-likeness (QED) is 0.379. The number of rotatable bonds is 6. The molecule has 0 aliphatic heterocycles. The molecule has 84 valence electrons. The third-order valence-electron chi connectivity index (χ3n) is 1.54. The number of carboxylic acid groups (broad SMARTS) is 3. The van der Waals surface area contributed by atoms with Gasteiger partial charge in [0.15, 0.2) is 5.78 Å². The first-order valence-electron chi connectivity index (χ1n) is 3.74. The number of ketones is 1. The number of carbonyl (C=O) groups is 4. The summed E-state index contributed by atoms with van der Waals surface area (Å²) in [6.07, 6.45) is -0.810. The van der Waals surface area contributed by atoms with Crippen LogP contribution in [0.3, 0.4) is 0 Å². The van der Waals surface area contributed by atoms with E-state index in [0.717, 1.165) is 0 Å². The second-order valence-electron chi connectivity index (χ2n) is 2.72. The topological polar surface area (TPSA) is 155 Å². The minimum Gasteiger partial charge on any atom is -0.481 e. The molecule has 0 aliphatic carbocycles. The van der Waals surface area contributed by atoms with E-state index in [9.17, 15) is 19.2 Å². The third kappa shape index (κ3) is 3.73. The van der Waals surface area contributed by atoms with Gasteiger partial charge in [-0.2, -0.15) is 0 Å². The van der Waals surface area contributed by atoms with Crippen molar-refractivity contribution in [1.29, 1.82) is 0 Å². The highest BCUT2D eigenvalue weighted by atomic mass is 16.4. The van der Waals surface area contributed by atoms with Gasteiger partial charge in [0.25, 0.3) is 0 Å². The van der Waals surface area contributed by atoms with Gasteiger partial charge in [-0.1, -0.05) is 0 Å². The number of hydrogen-bond acceptors (Lipinski definition) is 5. The normalized spacial score (nSPS) is 12.1. The minimum atomic E-state index is -2.32. The Morgan fingerprint density at radius 3 is 1.67 bits per heavy atom. The number of aliphatic carboxylic acids is 3. The van der Waals surface area contributed by atoms with Crippen LogP contribution in [0, 0.1) is 5.92 Å². The average molecular weight is 219 g/mol. The van der Waals surface area contributed by atoms with Gasteiger partial charge in [0.05, 0.1) is 12.5 Å². The summed E-state index contributed by atoms with van der Waals surface area (Å²) in [5.74, 6) is -8.80. The molecule has 0 aliphatic rings. The smallest absolute Gasteiger partial charge is 0.325 e. The van der Waals surface area contributed by atoms with Crippen molar-refractivity contribution in [2.75, 3.05) is 0 Å². The molecule has 0 radical (unpaired) electrons. The van der Waals surface area contributed by atoms with E-state index in [1.165, 1.54) is 0 Å². The van der Waals surface area contributed by atoms with Gasteiger partial charge in [-0.15, -0.1) is 0 Å². The van der Waals surface area contributed by atoms with Gasteiger partial charge in [-0.25, -0.2) is 0 Å². The lowest BCUT2D eigenvalue weighted by Crippen LogP contribution is -2.43. The van der Waals surface area contributed by atoms with Crippen LogP contribution < -0.4 is 5.73 Å². The Hall–Kier alpha value is -1.96. The predicted molar refractivity (Wildman–Crippen MR) is 44.0 cm³/mol. The summed E-state index contributed by atoms with van der Waals surface area (Å²) in [7, 11) is 0. The molecule has 0 saturated carbocycles. The van der Waals surface area contributed by atoms with Gasteiger partial charge >= 0.3 is 17.9 Å². The molecule has 0 bridgehead atoms. The van der Waals surface area contributed by atoms with E-state index < -0.39 is 42.1 Å². The number of hydrogen-bond donors (Lipinski definition) is 4. The molecule has 0 saturated heterocycles. The SMILES string of the molecule is N[C@@H](CC(=O)O)C(=O)C(C(=O)O)C(=O)O. The lowest BCUT2D eigenvalue weighted by Gasteiger charge is -2.11. The van der Waals surface area contributed by atoms with E-state index in [1.807, 2.05) is 0 Å². The second kappa shape index (κ2) is 5.05. The molecule has 0 aromatic heterocycles. The highest BCUT2D eigenvalue weighted by Crippen LogP contribution is 2.04. The monoisotopic (exact) mass is 219 g/mol. The number of Topliss-reactive ketones (excluding diaryl/α,β-unsaturated/α-hetero) is 1. The van der Waals surface area contributed by atoms with Crippen LogP contribution >= 0.6 is 0 Å². The van der Waals surface area contributed by atoms with Crippen LogP contribution in [0.1, 0.15) is 6.42 Å². The van der Waals surface area contributed by atoms with Crippen LogP contribution in [0.2, 0.25) is 0 Å². The summed E-state index contributed by atoms with van der Waals surface area (Å²) in [5, 5.41) is 25.0. The Kier molecular flexibility index (Phi) is 4.39. The van der Waals surface area contributed by atoms with Crippen LogP contribution in [-0.2, 0) is 19.2 Å². The Morgan fingerprint density at radius 1 is 1.00 bits per heavy atom. The molecule has 8 nitrogen and oxygen atoms in total. The van der Waals surface area contributed by atoms with E-state index in [-0.39, 0.29) is 0 Å². The van der Waals surface area contributed by atoms with Crippen molar-refractivity contribution < 1.29 is 34.5 Å². The molecule has 1 atom stereocenters. The molecule has 8 heteroatoms. The number of carbonyl (C=O) groups excluding carboxylic acids is 1. The molecule has 0 unspecified atom stereocenters. The zero-order valence-electron chi connectivity index (χ0n) is 7.41. The van der Waals surface area contributed by atoms with Crippen molar-refractivity contribution >= 4 is 23.7 Å². The van der Waals surface area contributed by atoms with E-state index >= 15 is 0 Å². The summed E-state index contributed by atoms with van der Waals surface area (Å²) < 4.78 is 0. The second-order valence-corrected chi connectivity index (χ2v) is 2.72. The van der Waals surface area contributed by atoms with Crippen molar-refractivity contribution in [3.63, 3.8) is 0 Å². The maximum absolute atomic E-state index is 11.1. The van der Waals surface area contributed by atoms with Crippen LogP contribution in [0.4, 0.5) is 0 Å². The minimum absolute atomic E-state index is 0.810. The molecule has 0 amide bonds. The molecule has 0 rings (SSSR count). The Balaban J connectivity index is 4.72. The summed E-state index contributed by atoms with van der Waals surface area (Å²) in [5.41, 5.74) is 5.04. The number of nitrogens with two attached hydrogens (primary N) is 1. The summed E-state index contributed by atoms with van der Waals surface area (Å²) in [6.45, 7) is 0. The van der Waals surface area contributed by atoms with Gasteiger partial charge in [0.1, 0.15) is 0 Å². The summed E-state index contributed by atoms with van der Waals surface area (Å²) >= 11 is 0. The maximum Gasteiger partial charge on any atom is 0.325 e. The molecule has 0 fully saturated rings. The van der Waals surface area contributed by atoms with Gasteiger partial charge in [0.2, 0.25) is 5.92 Å². The Labute approximate surface area is 83.3 Å². The summed E-state index contributed by atoms with van der Waals surface area (Å²) in [4.78, 5) is 42.0. The van der Waals surface area contributed by atoms with Gasteiger partial charge < -0.3 is 21.1 Å². The maximum atomic E-state index is 11.1. The fraction of sp³-hybridized carbons (Fsp3) is 0.429. The fourth-order valence-corrected chi connectivity index (χ4v) is 0.852. The molecule has 15 heavy (non-hydrogen) atoms. The van der Waals surface area contributed by atoms with Gasteiger partial charge in [-0.3, -0.25) is 19.2 Å². The average Bonchev–Trinajstić information content (AvgIpc) is 2.00. The van der Waals surface area contributed by atoms with E-state index in [4.69, 9.17) is 21.1 Å². The van der Waals surface area contributed by atoms with Crippen molar-refractivity contribution in [2.45, 2.75) is 12.5 Å². The molecular weight excluding hydrogens is 210 g/mol. The van der Waals surface area contributed by atoms with Crippen molar-refractivity contribution in [2.24, 2.45) is 11.7 Å². The zero-order valence-corrected chi connectivity index (χ0v) is 7.41. The Morgan fingerprint density at radius 2 is 1.40 bits per heavy atom. The Bertz CT molecular complexity index is 296. The number of carboxylic acids is 3. The molecular formula is C7H9NO7. The lowest BCUT2D eigenvalue weighted by atomic mass is 9.97. The first kappa shape index (κ1) is 13.0. The van der Waals surface area contributed by atoms with Crippen LogP contribution in [0.15, 0.2) is 0 Å². The molecule has 0 heterocycles. The van der Waals surface area contributed by atoms with E-state index in [2.05, 4.69) is 0 Å². The first-order valence-corrected chi connectivity index (χ1v) is 3.74. The van der Waals surface area contributed by atoms with Crippen LogP contribution in [0.25, 0.3) is 0 Å². The van der Waals surface area contributed by atoms with Gasteiger partial charge in [0, 0.05) is 0 Å². The molecule has 0 aromatic rings. The van der Waals surface area contributed by atoms with Crippen molar-refractivity contribution in [3.8, 4) is 0 Å². The first-order chi connectivity index (χ1) is 6.77. The van der Waals surface area contributed by atoms with Crippen LogP contribution in [-0.4, -0.2) is 45.1 Å². The molecule has 0 aromatic carbocycles. The molecule has 5 N–H and O–H groups in total. The highest BCUT2D eigenvalue weighted by molar-refractivity contribution is 6.15. The standard InChI is InChI=1S/C7H9NO7/c8-2(1-3(9)10)5(11)4(6(12)13)7(14)15/h2,4H,1,8H2,(H,9,10)(H,12,13)(H,14,15)/t2-/m0/s1. The summed E-state index contributed by atoms with van der Waals surface area (Å²) in [6, 6.07) is -1.64. The molecule has 0 spiro atoms. The fourth-order valence-electron chi connectivity index (χ4n) is 0.852. The van der Waals surface area contributed by atoms with Gasteiger partial charge in [-0.05, 0) is 0 Å². The van der Waals surface area contributed by atoms with Crippen molar-refractivity contribution in [1.82, 2.24) is 0 Å². The highest BCUT2D eigenvalue weighted by Gasteiger charge is 2.37. The van der Waals surface area contributed by atoms with E-state index in [0.29, 0.717) is 0 Å². The predicted octanol–water partition coefficient (Wildman–Crippen LogP) is -1.86. The largest absolute Gasteiger partial charge is 0.481 e. The lowest BCUT2D eigenvalue weighted by molar-refractivity contribution is -0.159.